The van der Waals surface area contributed by atoms with E-state index in [1.54, 1.807) is 7.11 Å². The van der Waals surface area contributed by atoms with Gasteiger partial charge in [0.1, 0.15) is 10.8 Å². The third-order valence-electron chi connectivity index (χ3n) is 6.06. The summed E-state index contributed by atoms with van der Waals surface area (Å²) in [6.07, 6.45) is 3.78. The van der Waals surface area contributed by atoms with Crippen molar-refractivity contribution < 1.29 is 13.5 Å². The molecule has 1 unspecified atom stereocenters. The minimum absolute atomic E-state index is 0.195. The molecule has 35 heavy (non-hydrogen) atoms. The van der Waals surface area contributed by atoms with Crippen molar-refractivity contribution in [2.45, 2.75) is 25.3 Å². The maximum absolute atomic E-state index is 11.0. The summed E-state index contributed by atoms with van der Waals surface area (Å²) < 4.78 is 28.2. The van der Waals surface area contributed by atoms with Gasteiger partial charge in [-0.25, -0.2) is 13.9 Å². The first-order valence-corrected chi connectivity index (χ1v) is 12.8. The van der Waals surface area contributed by atoms with Crippen molar-refractivity contribution in [3.8, 4) is 5.75 Å². The second-order valence-electron chi connectivity index (χ2n) is 8.40. The Balaban J connectivity index is 1.52. The lowest BCUT2D eigenvalue weighted by Crippen LogP contribution is -2.29. The van der Waals surface area contributed by atoms with Crippen LogP contribution in [0.15, 0.2) is 48.7 Å². The number of piperidine rings is 1. The van der Waals surface area contributed by atoms with Gasteiger partial charge in [0.2, 0.25) is 17.2 Å². The van der Waals surface area contributed by atoms with Crippen molar-refractivity contribution in [1.82, 2.24) is 19.6 Å². The molecule has 0 amide bonds. The van der Waals surface area contributed by atoms with E-state index in [0.717, 1.165) is 42.9 Å². The van der Waals surface area contributed by atoms with Crippen molar-refractivity contribution in [2.24, 2.45) is 0 Å². The third-order valence-corrected chi connectivity index (χ3v) is 6.73. The number of anilines is 4. The first-order chi connectivity index (χ1) is 16.9. The molecule has 0 spiro atoms. The molecule has 1 aliphatic rings. The lowest BCUT2D eigenvalue weighted by atomic mass is 9.89. The van der Waals surface area contributed by atoms with E-state index in [9.17, 15) is 4.21 Å². The molecular formula is C24H29ClN6O3S. The Labute approximate surface area is 212 Å². The maximum Gasteiger partial charge on any atom is 0.232 e. The lowest BCUT2D eigenvalue weighted by Gasteiger charge is -2.29. The van der Waals surface area contributed by atoms with Gasteiger partial charge < -0.3 is 20.3 Å². The highest BCUT2D eigenvalue weighted by Crippen LogP contribution is 2.35. The fourth-order valence-electron chi connectivity index (χ4n) is 4.11. The molecular weight excluding hydrogens is 488 g/mol. The predicted octanol–water partition coefficient (Wildman–Crippen LogP) is 4.66. The standard InChI is InChI=1S/C24H29ClN6O3S/c1-31-11-9-16(10-12-31)17-7-8-21(22(13-17)34-2)29-24-26-15-19(25)23(30-24)28-20-6-4-3-5-18(20)14-27-35(32)33/h3-8,13,15-16,27H,9-12,14H2,1-2H3,(H,32,33)(H2,26,28,29,30). The number of para-hydroxylation sites is 1. The Bertz CT molecular complexity index is 1190. The van der Waals surface area contributed by atoms with Crippen LogP contribution in [0, 0.1) is 0 Å². The van der Waals surface area contributed by atoms with E-state index in [-0.39, 0.29) is 6.54 Å². The molecule has 2 aromatic carbocycles. The van der Waals surface area contributed by atoms with Gasteiger partial charge in [0, 0.05) is 12.2 Å². The van der Waals surface area contributed by atoms with E-state index in [2.05, 4.69) is 49.4 Å². The van der Waals surface area contributed by atoms with Crippen LogP contribution in [0.2, 0.25) is 5.02 Å². The van der Waals surface area contributed by atoms with E-state index < -0.39 is 11.3 Å². The number of nitrogens with zero attached hydrogens (tertiary/aromatic N) is 3. The molecule has 0 radical (unpaired) electrons. The number of halogens is 1. The summed E-state index contributed by atoms with van der Waals surface area (Å²) in [7, 11) is 3.81. The van der Waals surface area contributed by atoms with Crippen molar-refractivity contribution in [2.75, 3.05) is 37.9 Å². The molecule has 1 fully saturated rings. The number of rotatable bonds is 9. The van der Waals surface area contributed by atoms with Gasteiger partial charge in [-0.15, -0.1) is 0 Å². The average Bonchev–Trinajstić information content (AvgIpc) is 2.86. The average molecular weight is 517 g/mol. The number of hydrogen-bond donors (Lipinski definition) is 4. The molecule has 4 N–H and O–H groups in total. The predicted molar refractivity (Wildman–Crippen MR) is 140 cm³/mol. The minimum atomic E-state index is -2.11. The zero-order chi connectivity index (χ0) is 24.8. The Morgan fingerprint density at radius 1 is 1.17 bits per heavy atom. The number of aromatic nitrogens is 2. The van der Waals surface area contributed by atoms with Crippen LogP contribution in [0.3, 0.4) is 0 Å². The second kappa shape index (κ2) is 11.8. The van der Waals surface area contributed by atoms with Gasteiger partial charge in [0.25, 0.3) is 0 Å². The summed E-state index contributed by atoms with van der Waals surface area (Å²) >= 11 is 4.24. The largest absolute Gasteiger partial charge is 0.495 e. The molecule has 2 heterocycles. The number of nitrogens with one attached hydrogen (secondary N) is 3. The Morgan fingerprint density at radius 3 is 2.69 bits per heavy atom. The van der Waals surface area contributed by atoms with Crippen LogP contribution in [0.5, 0.6) is 5.75 Å². The van der Waals surface area contributed by atoms with Gasteiger partial charge in [0.05, 0.1) is 19.0 Å². The molecule has 1 aliphatic heterocycles. The van der Waals surface area contributed by atoms with E-state index in [4.69, 9.17) is 20.9 Å². The summed E-state index contributed by atoms with van der Waals surface area (Å²) in [6.45, 7) is 2.39. The number of methoxy groups -OCH3 is 1. The molecule has 3 aromatic rings. The van der Waals surface area contributed by atoms with Gasteiger partial charge >= 0.3 is 0 Å². The van der Waals surface area contributed by atoms with Gasteiger partial charge in [-0.1, -0.05) is 35.9 Å². The number of benzene rings is 2. The van der Waals surface area contributed by atoms with Gasteiger partial charge in [0.15, 0.2) is 5.82 Å². The Hall–Kier alpha value is -2.76. The van der Waals surface area contributed by atoms with Crippen molar-refractivity contribution in [1.29, 1.82) is 0 Å². The minimum Gasteiger partial charge on any atom is -0.495 e. The molecule has 9 nitrogen and oxygen atoms in total. The highest BCUT2D eigenvalue weighted by molar-refractivity contribution is 7.77. The first kappa shape index (κ1) is 25.3. The van der Waals surface area contributed by atoms with Crippen molar-refractivity contribution >= 4 is 46.0 Å². The fraction of sp³-hybridized carbons (Fsp3) is 0.333. The molecule has 1 saturated heterocycles. The quantitative estimate of drug-likeness (QED) is 0.304. The number of ether oxygens (including phenoxy) is 1. The summed E-state index contributed by atoms with van der Waals surface area (Å²) in [5.74, 6) is 2.01. The number of likely N-dealkylation sites (tertiary alicyclic amines) is 1. The fourth-order valence-corrected chi connectivity index (χ4v) is 4.52. The zero-order valence-electron chi connectivity index (χ0n) is 19.6. The number of hydrogen-bond acceptors (Lipinski definition) is 7. The van der Waals surface area contributed by atoms with E-state index in [1.165, 1.54) is 11.8 Å². The van der Waals surface area contributed by atoms with Crippen LogP contribution < -0.4 is 20.1 Å². The van der Waals surface area contributed by atoms with Crippen LogP contribution in [0.25, 0.3) is 0 Å². The lowest BCUT2D eigenvalue weighted by molar-refractivity contribution is 0.255. The molecule has 1 atom stereocenters. The molecule has 0 bridgehead atoms. The molecule has 0 saturated carbocycles. The van der Waals surface area contributed by atoms with E-state index in [1.807, 2.05) is 30.3 Å². The molecule has 0 aliphatic carbocycles. The molecule has 186 valence electrons. The summed E-state index contributed by atoms with van der Waals surface area (Å²) in [5, 5.41) is 6.77. The summed E-state index contributed by atoms with van der Waals surface area (Å²) in [5.41, 5.74) is 3.52. The highest BCUT2D eigenvalue weighted by Gasteiger charge is 2.20. The summed E-state index contributed by atoms with van der Waals surface area (Å²) in [4.78, 5) is 11.2. The summed E-state index contributed by atoms with van der Waals surface area (Å²) in [6, 6.07) is 13.6. The van der Waals surface area contributed by atoms with Crippen LogP contribution in [0.1, 0.15) is 29.9 Å². The normalized spacial score (nSPS) is 15.5. The van der Waals surface area contributed by atoms with Crippen LogP contribution in [0.4, 0.5) is 23.1 Å². The zero-order valence-corrected chi connectivity index (χ0v) is 21.2. The molecule has 4 rings (SSSR count). The molecule has 11 heteroatoms. The van der Waals surface area contributed by atoms with Crippen LogP contribution >= 0.6 is 11.6 Å². The van der Waals surface area contributed by atoms with E-state index in [0.29, 0.717) is 28.4 Å². The molecule has 1 aromatic heterocycles. The van der Waals surface area contributed by atoms with Crippen molar-refractivity contribution in [3.05, 3.63) is 64.8 Å². The van der Waals surface area contributed by atoms with E-state index >= 15 is 0 Å². The first-order valence-electron chi connectivity index (χ1n) is 11.3. The van der Waals surface area contributed by atoms with Crippen LogP contribution in [-0.2, 0) is 17.8 Å². The SMILES string of the molecule is COc1cc(C2CCN(C)CC2)ccc1Nc1ncc(Cl)c(Nc2ccccc2CNS(=O)O)n1. The Morgan fingerprint density at radius 2 is 1.94 bits per heavy atom. The second-order valence-corrected chi connectivity index (χ2v) is 9.60. The third kappa shape index (κ3) is 6.68. The van der Waals surface area contributed by atoms with Crippen LogP contribution in [-0.4, -0.2) is 50.9 Å². The van der Waals surface area contributed by atoms with Crippen molar-refractivity contribution in [3.63, 3.8) is 0 Å². The van der Waals surface area contributed by atoms with Gasteiger partial charge in [-0.05, 0) is 68.2 Å². The van der Waals surface area contributed by atoms with Gasteiger partial charge in [-0.2, -0.15) is 4.98 Å². The Kier molecular flexibility index (Phi) is 8.53. The maximum atomic E-state index is 11.0. The monoisotopic (exact) mass is 516 g/mol. The van der Waals surface area contributed by atoms with Gasteiger partial charge in [-0.3, -0.25) is 4.55 Å². The highest BCUT2D eigenvalue weighted by atomic mass is 35.5. The smallest absolute Gasteiger partial charge is 0.232 e. The topological polar surface area (TPSA) is 112 Å².